The molecule has 2 heterocycles. The number of likely N-dealkylation sites (N-methyl/N-ethyl adjacent to an activating group) is 1. The third-order valence-electron chi connectivity index (χ3n) is 5.55. The SMILES string of the molecule is CN(CCOc1ccccc1)Cc1cnc(N2CCCCC2)nc1.O=C(O)CC(O)(CC(=O)O)C(=O)O. The number of para-hydroxylation sites is 1. The molecule has 2 aromatic rings. The van der Waals surface area contributed by atoms with E-state index in [9.17, 15) is 14.4 Å². The molecule has 37 heavy (non-hydrogen) atoms. The second-order valence-corrected chi connectivity index (χ2v) is 8.82. The smallest absolute Gasteiger partial charge is 0.336 e. The number of carboxylic acid groups (broad SMARTS) is 3. The van der Waals surface area contributed by atoms with Crippen molar-refractivity contribution in [3.05, 3.63) is 48.3 Å². The molecular weight excluding hydrogens is 484 g/mol. The first kappa shape index (κ1) is 29.5. The lowest BCUT2D eigenvalue weighted by Crippen LogP contribution is -2.42. The van der Waals surface area contributed by atoms with Crippen LogP contribution in [0.3, 0.4) is 0 Å². The highest BCUT2D eigenvalue weighted by atomic mass is 16.5. The van der Waals surface area contributed by atoms with Gasteiger partial charge in [0.05, 0.1) is 12.8 Å². The van der Waals surface area contributed by atoms with Crippen LogP contribution in [0, 0.1) is 0 Å². The van der Waals surface area contributed by atoms with Crippen molar-refractivity contribution in [3.63, 3.8) is 0 Å². The zero-order chi connectivity index (χ0) is 27.3. The summed E-state index contributed by atoms with van der Waals surface area (Å²) in [6, 6.07) is 9.92. The number of benzene rings is 1. The van der Waals surface area contributed by atoms with Crippen LogP contribution in [0.5, 0.6) is 5.75 Å². The first-order valence-electron chi connectivity index (χ1n) is 11.9. The lowest BCUT2D eigenvalue weighted by Gasteiger charge is -2.26. The Morgan fingerprint density at radius 2 is 1.54 bits per heavy atom. The number of hydrogen-bond acceptors (Lipinski definition) is 9. The molecule has 4 N–H and O–H groups in total. The van der Waals surface area contributed by atoms with Gasteiger partial charge in [-0.15, -0.1) is 0 Å². The van der Waals surface area contributed by atoms with Gasteiger partial charge in [0.15, 0.2) is 5.60 Å². The second kappa shape index (κ2) is 14.7. The molecule has 202 valence electrons. The van der Waals surface area contributed by atoms with Gasteiger partial charge in [-0.25, -0.2) is 14.8 Å². The van der Waals surface area contributed by atoms with Crippen LogP contribution in [0.25, 0.3) is 0 Å². The maximum Gasteiger partial charge on any atom is 0.336 e. The van der Waals surface area contributed by atoms with Gasteiger partial charge in [0, 0.05) is 44.1 Å². The number of nitrogens with zero attached hydrogens (tertiary/aromatic N) is 4. The van der Waals surface area contributed by atoms with Crippen LogP contribution >= 0.6 is 0 Å². The number of aromatic nitrogens is 2. The van der Waals surface area contributed by atoms with Crippen LogP contribution in [0.15, 0.2) is 42.7 Å². The monoisotopic (exact) mass is 518 g/mol. The Balaban J connectivity index is 0.000000317. The Labute approximate surface area is 215 Å². The predicted molar refractivity (Wildman–Crippen MR) is 133 cm³/mol. The van der Waals surface area contributed by atoms with Crippen molar-refractivity contribution in [2.75, 3.05) is 38.2 Å². The topological polar surface area (TPSA) is 174 Å². The van der Waals surface area contributed by atoms with E-state index in [-0.39, 0.29) is 0 Å². The number of carboxylic acids is 3. The highest BCUT2D eigenvalue weighted by Gasteiger charge is 2.40. The molecule has 0 atom stereocenters. The Morgan fingerprint density at radius 3 is 2.05 bits per heavy atom. The summed E-state index contributed by atoms with van der Waals surface area (Å²) < 4.78 is 5.73. The number of anilines is 1. The summed E-state index contributed by atoms with van der Waals surface area (Å²) in [6.07, 6.45) is 5.43. The van der Waals surface area contributed by atoms with E-state index in [2.05, 4.69) is 26.8 Å². The molecule has 1 aliphatic rings. The van der Waals surface area contributed by atoms with Crippen molar-refractivity contribution >= 4 is 23.9 Å². The van der Waals surface area contributed by atoms with Gasteiger partial charge < -0.3 is 30.1 Å². The molecule has 0 spiro atoms. The van der Waals surface area contributed by atoms with Gasteiger partial charge in [-0.3, -0.25) is 14.5 Å². The molecular formula is C25H34N4O8. The van der Waals surface area contributed by atoms with E-state index in [1.807, 2.05) is 42.7 Å². The first-order chi connectivity index (χ1) is 17.6. The number of hydrogen-bond donors (Lipinski definition) is 4. The zero-order valence-corrected chi connectivity index (χ0v) is 20.8. The van der Waals surface area contributed by atoms with E-state index in [1.54, 1.807) is 0 Å². The standard InChI is InChI=1S/C19H26N4O.C6H8O7/c1-22(12-13-24-18-8-4-2-5-9-18)16-17-14-20-19(21-15-17)23-10-6-3-7-11-23;7-3(8)1-6(13,5(11)12)2-4(9)10/h2,4-5,8-9,14-15H,3,6-7,10-13,16H2,1H3;13H,1-2H2,(H,7,8)(H,9,10)(H,11,12). The van der Waals surface area contributed by atoms with Crippen LogP contribution in [-0.4, -0.2) is 92.1 Å². The molecule has 1 aliphatic heterocycles. The Kier molecular flexibility index (Phi) is 11.7. The molecule has 0 bridgehead atoms. The van der Waals surface area contributed by atoms with Crippen molar-refractivity contribution in [2.45, 2.75) is 44.2 Å². The summed E-state index contributed by atoms with van der Waals surface area (Å²) in [4.78, 5) is 44.1. The van der Waals surface area contributed by atoms with Crippen LogP contribution in [0.1, 0.15) is 37.7 Å². The Morgan fingerprint density at radius 1 is 0.973 bits per heavy atom. The number of aliphatic hydroxyl groups is 1. The van der Waals surface area contributed by atoms with Gasteiger partial charge in [0.1, 0.15) is 12.4 Å². The normalized spacial score (nSPS) is 13.4. The van der Waals surface area contributed by atoms with Crippen molar-refractivity contribution in [1.29, 1.82) is 0 Å². The summed E-state index contributed by atoms with van der Waals surface area (Å²) >= 11 is 0. The first-order valence-corrected chi connectivity index (χ1v) is 11.9. The highest BCUT2D eigenvalue weighted by molar-refractivity contribution is 5.88. The lowest BCUT2D eigenvalue weighted by molar-refractivity contribution is -0.170. The maximum absolute atomic E-state index is 10.3. The molecule has 1 aromatic heterocycles. The van der Waals surface area contributed by atoms with Crippen molar-refractivity contribution < 1.29 is 39.5 Å². The molecule has 12 heteroatoms. The third-order valence-corrected chi connectivity index (χ3v) is 5.55. The molecule has 0 radical (unpaired) electrons. The minimum atomic E-state index is -2.74. The van der Waals surface area contributed by atoms with Gasteiger partial charge in [-0.05, 0) is 38.4 Å². The number of rotatable bonds is 12. The average molecular weight is 519 g/mol. The number of ether oxygens (including phenoxy) is 1. The molecule has 1 saturated heterocycles. The van der Waals surface area contributed by atoms with Gasteiger partial charge >= 0.3 is 17.9 Å². The van der Waals surface area contributed by atoms with E-state index in [4.69, 9.17) is 25.2 Å². The van der Waals surface area contributed by atoms with Crippen LogP contribution in [-0.2, 0) is 20.9 Å². The quantitative estimate of drug-likeness (QED) is 0.321. The lowest BCUT2D eigenvalue weighted by atomic mass is 9.96. The largest absolute Gasteiger partial charge is 0.492 e. The molecule has 0 aliphatic carbocycles. The van der Waals surface area contributed by atoms with Crippen molar-refractivity contribution in [3.8, 4) is 5.75 Å². The van der Waals surface area contributed by atoms with Gasteiger partial charge in [0.2, 0.25) is 5.95 Å². The predicted octanol–water partition coefficient (Wildman–Crippen LogP) is 1.73. The molecule has 1 aromatic carbocycles. The van der Waals surface area contributed by atoms with Crippen LogP contribution in [0.2, 0.25) is 0 Å². The third kappa shape index (κ3) is 10.8. The summed E-state index contributed by atoms with van der Waals surface area (Å²) in [7, 11) is 2.09. The van der Waals surface area contributed by atoms with E-state index in [0.29, 0.717) is 6.61 Å². The zero-order valence-electron chi connectivity index (χ0n) is 20.8. The molecule has 3 rings (SSSR count). The van der Waals surface area contributed by atoms with Gasteiger partial charge in [-0.2, -0.15) is 0 Å². The van der Waals surface area contributed by atoms with E-state index < -0.39 is 36.4 Å². The minimum absolute atomic E-state index is 0.674. The van der Waals surface area contributed by atoms with Crippen LogP contribution < -0.4 is 9.64 Å². The second-order valence-electron chi connectivity index (χ2n) is 8.82. The van der Waals surface area contributed by atoms with Crippen LogP contribution in [0.4, 0.5) is 5.95 Å². The summed E-state index contributed by atoms with van der Waals surface area (Å²) in [5.41, 5.74) is -1.60. The van der Waals surface area contributed by atoms with Crippen molar-refractivity contribution in [2.24, 2.45) is 0 Å². The summed E-state index contributed by atoms with van der Waals surface area (Å²) in [5, 5.41) is 33.8. The van der Waals surface area contributed by atoms with E-state index in [1.165, 1.54) is 19.3 Å². The fraction of sp³-hybridized carbons (Fsp3) is 0.480. The number of carbonyl (C=O) groups is 3. The molecule has 0 saturated carbocycles. The average Bonchev–Trinajstić information content (AvgIpc) is 2.85. The number of piperidine rings is 1. The fourth-order valence-corrected chi connectivity index (χ4v) is 3.63. The number of aliphatic carboxylic acids is 3. The van der Waals surface area contributed by atoms with Gasteiger partial charge in [0.25, 0.3) is 0 Å². The van der Waals surface area contributed by atoms with E-state index >= 15 is 0 Å². The van der Waals surface area contributed by atoms with Crippen molar-refractivity contribution in [1.82, 2.24) is 14.9 Å². The molecule has 0 unspecified atom stereocenters. The molecule has 0 amide bonds. The molecule has 12 nitrogen and oxygen atoms in total. The fourth-order valence-electron chi connectivity index (χ4n) is 3.63. The van der Waals surface area contributed by atoms with E-state index in [0.717, 1.165) is 43.4 Å². The van der Waals surface area contributed by atoms with Gasteiger partial charge in [-0.1, -0.05) is 18.2 Å². The summed E-state index contributed by atoms with van der Waals surface area (Å²) in [5.74, 6) is -3.23. The maximum atomic E-state index is 10.3. The molecule has 1 fully saturated rings. The summed E-state index contributed by atoms with van der Waals surface area (Å²) in [6.45, 7) is 4.53. The Hall–Kier alpha value is -3.77. The minimum Gasteiger partial charge on any atom is -0.492 e. The highest BCUT2D eigenvalue weighted by Crippen LogP contribution is 2.16. The Bertz CT molecular complexity index is 982.